The zero-order valence-electron chi connectivity index (χ0n) is 10.9. The molecule has 1 aromatic rings. The highest BCUT2D eigenvalue weighted by Gasteiger charge is 2.42. The van der Waals surface area contributed by atoms with Crippen LogP contribution in [0.25, 0.3) is 0 Å². The number of carbonyl (C=O) groups excluding carboxylic acids is 2. The van der Waals surface area contributed by atoms with Gasteiger partial charge in [-0.25, -0.2) is 18.6 Å². The molecule has 1 aromatic heterocycles. The molecule has 0 saturated heterocycles. The molecule has 2 rings (SSSR count). The number of nitrogens with one attached hydrogen (secondary N) is 1. The van der Waals surface area contributed by atoms with Gasteiger partial charge in [-0.15, -0.1) is 0 Å². The molecule has 5 nitrogen and oxygen atoms in total. The van der Waals surface area contributed by atoms with Crippen molar-refractivity contribution in [3.63, 3.8) is 0 Å². The van der Waals surface area contributed by atoms with Gasteiger partial charge in [-0.05, 0) is 18.6 Å². The predicted molar refractivity (Wildman–Crippen MR) is 66.5 cm³/mol. The average Bonchev–Trinajstić information content (AvgIpc) is 2.78. The van der Waals surface area contributed by atoms with Crippen LogP contribution in [0.15, 0.2) is 18.3 Å². The van der Waals surface area contributed by atoms with Crippen molar-refractivity contribution < 1.29 is 23.1 Å². The zero-order chi connectivity index (χ0) is 14.8. The normalized spacial score (nSPS) is 20.4. The van der Waals surface area contributed by atoms with E-state index in [2.05, 4.69) is 15.0 Å². The first-order valence-electron chi connectivity index (χ1n) is 6.14. The van der Waals surface area contributed by atoms with Gasteiger partial charge in [0, 0.05) is 25.0 Å². The van der Waals surface area contributed by atoms with Gasteiger partial charge in [0.1, 0.15) is 5.82 Å². The molecular weight excluding hydrogens is 270 g/mol. The highest BCUT2D eigenvalue weighted by Crippen LogP contribution is 2.39. The molecule has 1 saturated carbocycles. The van der Waals surface area contributed by atoms with Crippen molar-refractivity contribution in [1.82, 2.24) is 4.98 Å². The third-order valence-corrected chi connectivity index (χ3v) is 3.21. The summed E-state index contributed by atoms with van der Waals surface area (Å²) in [6.07, 6.45) is 0.761. The second-order valence-corrected chi connectivity index (χ2v) is 4.71. The largest absolute Gasteiger partial charge is 0.465 e. The Bertz CT molecular complexity index is 534. The average molecular weight is 284 g/mol. The Morgan fingerprint density at radius 3 is 2.85 bits per heavy atom. The van der Waals surface area contributed by atoms with Crippen molar-refractivity contribution in [3.8, 4) is 0 Å². The number of hydrogen-bond donors (Lipinski definition) is 1. The number of amides is 1. The molecule has 1 aliphatic carbocycles. The summed E-state index contributed by atoms with van der Waals surface area (Å²) in [6.45, 7) is 0. The van der Waals surface area contributed by atoms with Gasteiger partial charge in [0.25, 0.3) is 0 Å². The Labute approximate surface area is 114 Å². The summed E-state index contributed by atoms with van der Waals surface area (Å²) in [7, 11) is 1.24. The van der Waals surface area contributed by atoms with Gasteiger partial charge >= 0.3 is 5.97 Å². The van der Waals surface area contributed by atoms with Gasteiger partial charge in [-0.3, -0.25) is 4.79 Å². The van der Waals surface area contributed by atoms with Crippen molar-refractivity contribution in [2.24, 2.45) is 5.92 Å². The molecule has 1 N–H and O–H groups in total. The molecule has 1 heterocycles. The SMILES string of the molecule is COC(=O)c1ccnc(NC(=O)C2CCC(F)(F)C2)c1. The fourth-order valence-corrected chi connectivity index (χ4v) is 2.15. The summed E-state index contributed by atoms with van der Waals surface area (Å²) in [4.78, 5) is 27.1. The van der Waals surface area contributed by atoms with Crippen molar-refractivity contribution in [3.05, 3.63) is 23.9 Å². The quantitative estimate of drug-likeness (QED) is 0.864. The first-order chi connectivity index (χ1) is 9.41. The Morgan fingerprint density at radius 2 is 2.25 bits per heavy atom. The highest BCUT2D eigenvalue weighted by atomic mass is 19.3. The third kappa shape index (κ3) is 3.28. The molecule has 1 atom stereocenters. The Morgan fingerprint density at radius 1 is 1.50 bits per heavy atom. The lowest BCUT2D eigenvalue weighted by Crippen LogP contribution is -2.23. The number of hydrogen-bond acceptors (Lipinski definition) is 4. The molecule has 0 spiro atoms. The number of ether oxygens (including phenoxy) is 1. The van der Waals surface area contributed by atoms with Crippen LogP contribution in [-0.4, -0.2) is 29.9 Å². The number of aromatic nitrogens is 1. The predicted octanol–water partition coefficient (Wildman–Crippen LogP) is 2.24. The number of carbonyl (C=O) groups is 2. The lowest BCUT2D eigenvalue weighted by molar-refractivity contribution is -0.120. The van der Waals surface area contributed by atoms with Crippen LogP contribution in [0.1, 0.15) is 29.6 Å². The van der Waals surface area contributed by atoms with Crippen molar-refractivity contribution in [1.29, 1.82) is 0 Å². The van der Waals surface area contributed by atoms with Crippen molar-refractivity contribution >= 4 is 17.7 Å². The van der Waals surface area contributed by atoms with Crippen LogP contribution in [-0.2, 0) is 9.53 Å². The van der Waals surface area contributed by atoms with E-state index < -0.39 is 30.1 Å². The molecular formula is C13H14F2N2O3. The second-order valence-electron chi connectivity index (χ2n) is 4.71. The van der Waals surface area contributed by atoms with Crippen LogP contribution in [0.4, 0.5) is 14.6 Å². The summed E-state index contributed by atoms with van der Waals surface area (Å²) in [5.41, 5.74) is 0.231. The van der Waals surface area contributed by atoms with E-state index in [0.717, 1.165) is 0 Å². The van der Waals surface area contributed by atoms with Crippen molar-refractivity contribution in [2.75, 3.05) is 12.4 Å². The molecule has 0 bridgehead atoms. The maximum absolute atomic E-state index is 13.1. The third-order valence-electron chi connectivity index (χ3n) is 3.21. The number of rotatable bonds is 3. The number of nitrogens with zero attached hydrogens (tertiary/aromatic N) is 1. The molecule has 0 aliphatic heterocycles. The maximum atomic E-state index is 13.1. The number of anilines is 1. The van der Waals surface area contributed by atoms with E-state index >= 15 is 0 Å². The first-order valence-corrected chi connectivity index (χ1v) is 6.14. The lowest BCUT2D eigenvalue weighted by atomic mass is 10.1. The Balaban J connectivity index is 2.03. The molecule has 1 fully saturated rings. The molecule has 1 aliphatic rings. The smallest absolute Gasteiger partial charge is 0.338 e. The molecule has 108 valence electrons. The van der Waals surface area contributed by atoms with E-state index in [9.17, 15) is 18.4 Å². The van der Waals surface area contributed by atoms with Crippen LogP contribution in [0.5, 0.6) is 0 Å². The topological polar surface area (TPSA) is 68.3 Å². The van der Waals surface area contributed by atoms with E-state index in [0.29, 0.717) is 0 Å². The van der Waals surface area contributed by atoms with Gasteiger partial charge in [-0.1, -0.05) is 0 Å². The number of esters is 1. The summed E-state index contributed by atoms with van der Waals surface area (Å²) in [6, 6.07) is 2.78. The van der Waals surface area contributed by atoms with Crippen LogP contribution in [0, 0.1) is 5.92 Å². The number of pyridine rings is 1. The molecule has 20 heavy (non-hydrogen) atoms. The van der Waals surface area contributed by atoms with E-state index in [-0.39, 0.29) is 24.2 Å². The minimum Gasteiger partial charge on any atom is -0.465 e. The summed E-state index contributed by atoms with van der Waals surface area (Å²) >= 11 is 0. The van der Waals surface area contributed by atoms with E-state index in [1.165, 1.54) is 25.4 Å². The fourth-order valence-electron chi connectivity index (χ4n) is 2.15. The summed E-state index contributed by atoms with van der Waals surface area (Å²) in [5, 5.41) is 2.45. The molecule has 0 radical (unpaired) electrons. The molecule has 1 unspecified atom stereocenters. The Kier molecular flexibility index (Phi) is 3.96. The first kappa shape index (κ1) is 14.4. The number of methoxy groups -OCH3 is 1. The van der Waals surface area contributed by atoms with Crippen LogP contribution < -0.4 is 5.32 Å². The minimum absolute atomic E-state index is 0.146. The van der Waals surface area contributed by atoms with E-state index in [1.54, 1.807) is 0 Å². The number of halogens is 2. The lowest BCUT2D eigenvalue weighted by Gasteiger charge is -2.11. The highest BCUT2D eigenvalue weighted by molar-refractivity contribution is 5.94. The second kappa shape index (κ2) is 5.52. The van der Waals surface area contributed by atoms with Gasteiger partial charge < -0.3 is 10.1 Å². The van der Waals surface area contributed by atoms with Gasteiger partial charge in [0.05, 0.1) is 12.7 Å². The summed E-state index contributed by atoms with van der Waals surface area (Å²) < 4.78 is 30.6. The van der Waals surface area contributed by atoms with E-state index in [4.69, 9.17) is 0 Å². The zero-order valence-corrected chi connectivity index (χ0v) is 10.9. The van der Waals surface area contributed by atoms with Gasteiger partial charge in [-0.2, -0.15) is 0 Å². The van der Waals surface area contributed by atoms with Crippen LogP contribution >= 0.6 is 0 Å². The fraction of sp³-hybridized carbons (Fsp3) is 0.462. The Hall–Kier alpha value is -2.05. The standard InChI is InChI=1S/C13H14F2N2O3/c1-20-12(19)8-3-5-16-10(6-8)17-11(18)9-2-4-13(14,15)7-9/h3,5-6,9H,2,4,7H2,1H3,(H,16,17,18). The molecule has 1 amide bonds. The number of alkyl halides is 2. The maximum Gasteiger partial charge on any atom is 0.338 e. The molecule has 0 aromatic carbocycles. The van der Waals surface area contributed by atoms with Crippen LogP contribution in [0.3, 0.4) is 0 Å². The monoisotopic (exact) mass is 284 g/mol. The van der Waals surface area contributed by atoms with Crippen LogP contribution in [0.2, 0.25) is 0 Å². The summed E-state index contributed by atoms with van der Waals surface area (Å²) in [5.74, 6) is -4.42. The minimum atomic E-state index is -2.77. The van der Waals surface area contributed by atoms with Gasteiger partial charge in [0.15, 0.2) is 0 Å². The van der Waals surface area contributed by atoms with Crippen molar-refractivity contribution in [2.45, 2.75) is 25.2 Å². The molecule has 7 heteroatoms. The van der Waals surface area contributed by atoms with E-state index in [1.807, 2.05) is 0 Å². The van der Waals surface area contributed by atoms with Gasteiger partial charge in [0.2, 0.25) is 11.8 Å².